The van der Waals surface area contributed by atoms with Gasteiger partial charge in [-0.3, -0.25) is 29.1 Å². The molecule has 4 aliphatic rings. The molecule has 3 N–H and O–H groups in total. The standard InChI is InChI=1S/C22H23N3O5/c1-8-10-4-9-5-11-17(25(2)3)19(28)16(21(23)30)12-6-22(11,12)20(29)14(9)18(27)15(10)13(26)7-24-8/h7,9,11,14,17,26H,4-6H2,1-3H3,(H2,23,30). The Morgan fingerprint density at radius 1 is 1.27 bits per heavy atom. The minimum atomic E-state index is -0.973. The van der Waals surface area contributed by atoms with E-state index in [1.165, 1.54) is 6.20 Å². The molecule has 0 radical (unpaired) electrons. The van der Waals surface area contributed by atoms with Gasteiger partial charge in [0.05, 0.1) is 34.7 Å². The number of carbonyl (C=O) groups excluding carboxylic acids is 4. The van der Waals surface area contributed by atoms with Gasteiger partial charge in [-0.15, -0.1) is 0 Å². The predicted octanol–water partition coefficient (Wildman–Crippen LogP) is 0.341. The maximum atomic E-state index is 13.8. The molecule has 4 aliphatic carbocycles. The van der Waals surface area contributed by atoms with Gasteiger partial charge in [0.15, 0.2) is 17.3 Å². The van der Waals surface area contributed by atoms with E-state index in [4.69, 9.17) is 5.73 Å². The molecule has 2 fully saturated rings. The molecule has 0 aliphatic heterocycles. The van der Waals surface area contributed by atoms with Crippen LogP contribution >= 0.6 is 0 Å². The number of nitrogens with zero attached hydrogens (tertiary/aromatic N) is 2. The van der Waals surface area contributed by atoms with E-state index in [0.717, 1.165) is 0 Å². The van der Waals surface area contributed by atoms with Gasteiger partial charge in [-0.2, -0.15) is 0 Å². The van der Waals surface area contributed by atoms with E-state index in [0.29, 0.717) is 36.1 Å². The van der Waals surface area contributed by atoms with Gasteiger partial charge >= 0.3 is 0 Å². The molecular formula is C22H23N3O5. The van der Waals surface area contributed by atoms with Crippen molar-refractivity contribution in [2.24, 2.45) is 28.9 Å². The summed E-state index contributed by atoms with van der Waals surface area (Å²) >= 11 is 0. The molecule has 0 bridgehead atoms. The maximum absolute atomic E-state index is 13.8. The number of primary amides is 1. The minimum Gasteiger partial charge on any atom is -0.506 e. The number of pyridine rings is 1. The highest BCUT2D eigenvalue weighted by Crippen LogP contribution is 2.69. The molecule has 0 saturated heterocycles. The van der Waals surface area contributed by atoms with Gasteiger partial charge in [0, 0.05) is 5.69 Å². The van der Waals surface area contributed by atoms with E-state index in [1.807, 2.05) is 0 Å². The van der Waals surface area contributed by atoms with Gasteiger partial charge in [0.1, 0.15) is 5.75 Å². The van der Waals surface area contributed by atoms with Crippen molar-refractivity contribution in [3.05, 3.63) is 34.2 Å². The highest BCUT2D eigenvalue weighted by atomic mass is 16.3. The third kappa shape index (κ3) is 2.12. The zero-order chi connectivity index (χ0) is 21.7. The number of aryl methyl sites for hydroxylation is 1. The van der Waals surface area contributed by atoms with E-state index >= 15 is 0 Å². The fraction of sp³-hybridized carbons (Fsp3) is 0.500. The number of fused-ring (bicyclic) bond motifs is 2. The summed E-state index contributed by atoms with van der Waals surface area (Å²) in [5.41, 5.74) is 6.49. The lowest BCUT2D eigenvalue weighted by molar-refractivity contribution is -0.139. The summed E-state index contributed by atoms with van der Waals surface area (Å²) < 4.78 is 0. The van der Waals surface area contributed by atoms with Gasteiger partial charge in [0.2, 0.25) is 0 Å². The number of aromatic hydroxyl groups is 1. The number of allylic oxidation sites excluding steroid dienone is 1. The van der Waals surface area contributed by atoms with Gasteiger partial charge in [0.25, 0.3) is 5.91 Å². The van der Waals surface area contributed by atoms with Crippen molar-refractivity contribution in [2.75, 3.05) is 14.1 Å². The Balaban J connectivity index is 1.67. The number of ketones is 3. The van der Waals surface area contributed by atoms with Crippen molar-refractivity contribution in [3.8, 4) is 5.75 Å². The van der Waals surface area contributed by atoms with E-state index < -0.39 is 23.3 Å². The predicted molar refractivity (Wildman–Crippen MR) is 105 cm³/mol. The molecule has 8 nitrogen and oxygen atoms in total. The maximum Gasteiger partial charge on any atom is 0.252 e. The van der Waals surface area contributed by atoms with Crippen LogP contribution in [0.3, 0.4) is 0 Å². The summed E-state index contributed by atoms with van der Waals surface area (Å²) in [6, 6.07) is -0.636. The molecule has 8 heteroatoms. The molecule has 156 valence electrons. The van der Waals surface area contributed by atoms with Crippen LogP contribution in [0.1, 0.15) is 34.5 Å². The fourth-order valence-corrected chi connectivity index (χ4v) is 6.33. The molecular weight excluding hydrogens is 386 g/mol. The Kier molecular flexibility index (Phi) is 3.72. The van der Waals surface area contributed by atoms with Crippen LogP contribution in [0, 0.1) is 30.1 Å². The average Bonchev–Trinajstić information content (AvgIpc) is 3.39. The number of rotatable bonds is 2. The number of likely N-dealkylation sites (N-methyl/N-ethyl adjacent to an activating group) is 1. The molecule has 1 aromatic rings. The van der Waals surface area contributed by atoms with Crippen molar-refractivity contribution >= 4 is 23.3 Å². The van der Waals surface area contributed by atoms with Crippen molar-refractivity contribution in [3.63, 3.8) is 0 Å². The summed E-state index contributed by atoms with van der Waals surface area (Å²) in [6.07, 6.45) is 2.51. The first-order chi connectivity index (χ1) is 14.1. The normalized spacial score (nSPS) is 34.3. The van der Waals surface area contributed by atoms with E-state index in [1.54, 1.807) is 25.9 Å². The van der Waals surface area contributed by atoms with Gasteiger partial charge < -0.3 is 10.8 Å². The second kappa shape index (κ2) is 5.85. The first kappa shape index (κ1) is 19.1. The largest absolute Gasteiger partial charge is 0.506 e. The smallest absolute Gasteiger partial charge is 0.252 e. The van der Waals surface area contributed by atoms with Crippen LogP contribution < -0.4 is 5.73 Å². The Morgan fingerprint density at radius 2 is 1.97 bits per heavy atom. The van der Waals surface area contributed by atoms with Crippen LogP contribution in [0.15, 0.2) is 17.3 Å². The lowest BCUT2D eigenvalue weighted by Crippen LogP contribution is -2.58. The molecule has 5 rings (SSSR count). The summed E-state index contributed by atoms with van der Waals surface area (Å²) in [6.45, 7) is 1.78. The molecule has 5 atom stereocenters. The van der Waals surface area contributed by atoms with Crippen LogP contribution in [0.5, 0.6) is 5.75 Å². The Labute approximate surface area is 173 Å². The molecule has 0 aromatic carbocycles. The zero-order valence-electron chi connectivity index (χ0n) is 17.1. The third-order valence-corrected chi connectivity index (χ3v) is 7.62. The monoisotopic (exact) mass is 409 g/mol. The lowest BCUT2D eigenvalue weighted by atomic mass is 9.55. The first-order valence-corrected chi connectivity index (χ1v) is 10.1. The number of hydrogen-bond donors (Lipinski definition) is 2. The SMILES string of the molecule is Cc1ncc(O)c2c1CC1CC3C(N(C)C)C(=O)C(C(N)=O)=C4CC43C(=O)C1C2=O. The average molecular weight is 409 g/mol. The minimum absolute atomic E-state index is 0.0664. The van der Waals surface area contributed by atoms with Crippen molar-refractivity contribution in [1.29, 1.82) is 0 Å². The first-order valence-electron chi connectivity index (χ1n) is 10.1. The van der Waals surface area contributed by atoms with E-state index in [-0.39, 0.29) is 46.1 Å². The number of nitrogens with two attached hydrogens (primary N) is 1. The molecule has 1 amide bonds. The molecule has 5 unspecified atom stereocenters. The second-order valence-electron chi connectivity index (χ2n) is 9.23. The van der Waals surface area contributed by atoms with Crippen LogP contribution in [-0.4, -0.2) is 58.4 Å². The van der Waals surface area contributed by atoms with Crippen LogP contribution in [0.25, 0.3) is 0 Å². The Hall–Kier alpha value is -2.87. The molecule has 2 saturated carbocycles. The number of Topliss-reactive ketones (excluding diaryl/α,β-unsaturated/α-hetero) is 3. The quantitative estimate of drug-likeness (QED) is 0.532. The van der Waals surface area contributed by atoms with Gasteiger partial charge in [-0.05, 0) is 63.3 Å². The van der Waals surface area contributed by atoms with Gasteiger partial charge in [-0.25, -0.2) is 0 Å². The van der Waals surface area contributed by atoms with E-state index in [9.17, 15) is 24.3 Å². The fourth-order valence-electron chi connectivity index (χ4n) is 6.33. The Morgan fingerprint density at radius 3 is 2.60 bits per heavy atom. The topological polar surface area (TPSA) is 131 Å². The summed E-state index contributed by atoms with van der Waals surface area (Å²) in [4.78, 5) is 58.2. The summed E-state index contributed by atoms with van der Waals surface area (Å²) in [5, 5.41) is 10.3. The van der Waals surface area contributed by atoms with Crippen LogP contribution in [0.4, 0.5) is 0 Å². The number of amides is 1. The number of aromatic nitrogens is 1. The zero-order valence-corrected chi connectivity index (χ0v) is 17.1. The van der Waals surface area contributed by atoms with E-state index in [2.05, 4.69) is 4.98 Å². The number of hydrogen-bond acceptors (Lipinski definition) is 7. The highest BCUT2D eigenvalue weighted by molar-refractivity contribution is 6.26. The van der Waals surface area contributed by atoms with Crippen molar-refractivity contribution in [1.82, 2.24) is 9.88 Å². The molecule has 1 heterocycles. The molecule has 1 spiro atoms. The van der Waals surface area contributed by atoms with Crippen molar-refractivity contribution in [2.45, 2.75) is 32.2 Å². The number of carbonyl (C=O) groups is 4. The Bertz CT molecular complexity index is 1100. The lowest BCUT2D eigenvalue weighted by Gasteiger charge is -2.47. The highest BCUT2D eigenvalue weighted by Gasteiger charge is 2.72. The van der Waals surface area contributed by atoms with Crippen molar-refractivity contribution < 1.29 is 24.3 Å². The summed E-state index contributed by atoms with van der Waals surface area (Å²) in [7, 11) is 3.51. The van der Waals surface area contributed by atoms with Gasteiger partial charge in [-0.1, -0.05) is 0 Å². The van der Waals surface area contributed by atoms with Crippen LogP contribution in [-0.2, 0) is 20.8 Å². The third-order valence-electron chi connectivity index (χ3n) is 7.62. The molecule has 1 aromatic heterocycles. The second-order valence-corrected chi connectivity index (χ2v) is 9.23. The molecule has 30 heavy (non-hydrogen) atoms. The summed E-state index contributed by atoms with van der Waals surface area (Å²) in [5.74, 6) is -3.41. The van der Waals surface area contributed by atoms with Crippen LogP contribution in [0.2, 0.25) is 0 Å².